The van der Waals surface area contributed by atoms with Crippen LogP contribution in [-0.2, 0) is 16.6 Å². The third-order valence-electron chi connectivity index (χ3n) is 2.01. The van der Waals surface area contributed by atoms with Crippen molar-refractivity contribution < 1.29 is 9.13 Å². The molecule has 5 nitrogen and oxygen atoms in total. The number of hydrogen-bond acceptors (Lipinski definition) is 4. The second-order valence-electron chi connectivity index (χ2n) is 3.76. The van der Waals surface area contributed by atoms with E-state index in [0.717, 1.165) is 0 Å². The minimum atomic E-state index is -1.18. The average molecular weight is 321 g/mol. The molecule has 0 saturated carbocycles. The van der Waals surface area contributed by atoms with Crippen LogP contribution in [0.1, 0.15) is 12.5 Å². The number of benzene rings is 1. The number of nitro groups is 1. The van der Waals surface area contributed by atoms with Gasteiger partial charge in [-0.15, -0.1) is 0 Å². The zero-order valence-electron chi connectivity index (χ0n) is 9.26. The van der Waals surface area contributed by atoms with Gasteiger partial charge in [-0.25, -0.2) is 0 Å². The van der Waals surface area contributed by atoms with Gasteiger partial charge >= 0.3 is 0 Å². The molecular weight excluding hydrogens is 308 g/mol. The van der Waals surface area contributed by atoms with E-state index in [4.69, 9.17) is 5.73 Å². The zero-order chi connectivity index (χ0) is 13.0. The second-order valence-corrected chi connectivity index (χ2v) is 6.18. The van der Waals surface area contributed by atoms with Crippen LogP contribution in [0.4, 0.5) is 5.69 Å². The number of nitrogens with two attached hydrogens (primary N) is 1. The van der Waals surface area contributed by atoms with Crippen molar-refractivity contribution in [2.45, 2.75) is 18.7 Å². The molecule has 1 aromatic rings. The van der Waals surface area contributed by atoms with Crippen LogP contribution >= 0.6 is 15.9 Å². The molecule has 2 unspecified atom stereocenters. The van der Waals surface area contributed by atoms with E-state index in [1.54, 1.807) is 19.1 Å². The van der Waals surface area contributed by atoms with Crippen LogP contribution in [0.2, 0.25) is 0 Å². The standard InChI is InChI=1S/C10H13BrN2O3S/c1-7(12)5-17(16)6-8-2-3-9(11)4-10(8)13(14)15/h2-4,7H,5-6,12H2,1H3. The van der Waals surface area contributed by atoms with E-state index < -0.39 is 15.7 Å². The fourth-order valence-electron chi connectivity index (χ4n) is 1.35. The summed E-state index contributed by atoms with van der Waals surface area (Å²) in [7, 11) is -1.18. The lowest BCUT2D eigenvalue weighted by molar-refractivity contribution is -0.385. The molecule has 0 aliphatic carbocycles. The molecule has 0 aliphatic heterocycles. The third-order valence-corrected chi connectivity index (χ3v) is 4.03. The summed E-state index contributed by atoms with van der Waals surface area (Å²) in [5.74, 6) is 0.498. The molecule has 17 heavy (non-hydrogen) atoms. The summed E-state index contributed by atoms with van der Waals surface area (Å²) in [6.45, 7) is 1.76. The van der Waals surface area contributed by atoms with E-state index in [-0.39, 0.29) is 17.5 Å². The molecule has 0 spiro atoms. The van der Waals surface area contributed by atoms with E-state index in [1.165, 1.54) is 6.07 Å². The highest BCUT2D eigenvalue weighted by atomic mass is 79.9. The largest absolute Gasteiger partial charge is 0.327 e. The number of nitro benzene ring substituents is 1. The molecule has 2 atom stereocenters. The van der Waals surface area contributed by atoms with Crippen LogP contribution in [0.3, 0.4) is 0 Å². The van der Waals surface area contributed by atoms with E-state index in [9.17, 15) is 14.3 Å². The van der Waals surface area contributed by atoms with E-state index in [2.05, 4.69) is 15.9 Å². The Bertz CT molecular complexity index is 451. The molecule has 0 amide bonds. The Balaban J connectivity index is 2.91. The molecule has 1 rings (SSSR count). The second kappa shape index (κ2) is 6.23. The van der Waals surface area contributed by atoms with Crippen molar-refractivity contribution in [3.05, 3.63) is 38.3 Å². The summed E-state index contributed by atoms with van der Waals surface area (Å²) in [5.41, 5.74) is 5.99. The van der Waals surface area contributed by atoms with Crippen molar-refractivity contribution in [1.29, 1.82) is 0 Å². The Labute approximate surface area is 110 Å². The van der Waals surface area contributed by atoms with Crippen molar-refractivity contribution in [2.24, 2.45) is 5.73 Å². The minimum absolute atomic E-state index is 0.0163. The number of rotatable bonds is 5. The summed E-state index contributed by atoms with van der Waals surface area (Å²) in [4.78, 5) is 10.4. The maximum Gasteiger partial charge on any atom is 0.274 e. The van der Waals surface area contributed by atoms with E-state index >= 15 is 0 Å². The zero-order valence-corrected chi connectivity index (χ0v) is 11.7. The van der Waals surface area contributed by atoms with Crippen LogP contribution in [0, 0.1) is 10.1 Å². The Morgan fingerprint density at radius 3 is 2.76 bits per heavy atom. The molecule has 94 valence electrons. The van der Waals surface area contributed by atoms with Gasteiger partial charge in [0.15, 0.2) is 0 Å². The molecule has 7 heteroatoms. The molecule has 0 aromatic heterocycles. The predicted octanol–water partition coefficient (Wildman–Crippen LogP) is 1.95. The van der Waals surface area contributed by atoms with Crippen LogP contribution in [0.25, 0.3) is 0 Å². The Morgan fingerprint density at radius 1 is 1.59 bits per heavy atom. The predicted molar refractivity (Wildman–Crippen MR) is 71.2 cm³/mol. The molecule has 0 fully saturated rings. The first-order valence-corrected chi connectivity index (χ1v) is 7.21. The first-order chi connectivity index (χ1) is 7.90. The molecular formula is C10H13BrN2O3S. The SMILES string of the molecule is CC(N)CS(=O)Cc1ccc(Br)cc1[N+](=O)[O-]. The number of halogens is 1. The van der Waals surface area contributed by atoms with E-state index in [0.29, 0.717) is 15.8 Å². The van der Waals surface area contributed by atoms with Gasteiger partial charge < -0.3 is 5.73 Å². The Morgan fingerprint density at radius 2 is 2.24 bits per heavy atom. The molecule has 1 aromatic carbocycles. The van der Waals surface area contributed by atoms with Crippen LogP contribution in [0.15, 0.2) is 22.7 Å². The van der Waals surface area contributed by atoms with Gasteiger partial charge in [0.1, 0.15) is 0 Å². The fourth-order valence-corrected chi connectivity index (χ4v) is 3.00. The molecule has 0 radical (unpaired) electrons. The smallest absolute Gasteiger partial charge is 0.274 e. The topological polar surface area (TPSA) is 86.2 Å². The third kappa shape index (κ3) is 4.53. The summed E-state index contributed by atoms with van der Waals surface area (Å²) in [6.07, 6.45) is 0. The molecule has 0 aliphatic rings. The molecule has 2 N–H and O–H groups in total. The number of hydrogen-bond donors (Lipinski definition) is 1. The number of nitrogens with zero attached hydrogens (tertiary/aromatic N) is 1. The van der Waals surface area contributed by atoms with Crippen molar-refractivity contribution in [3.63, 3.8) is 0 Å². The first-order valence-electron chi connectivity index (χ1n) is 4.93. The van der Waals surface area contributed by atoms with Crippen LogP contribution in [-0.4, -0.2) is 20.9 Å². The van der Waals surface area contributed by atoms with Crippen LogP contribution < -0.4 is 5.73 Å². The maximum atomic E-state index is 11.7. The minimum Gasteiger partial charge on any atom is -0.327 e. The maximum absolute atomic E-state index is 11.7. The van der Waals surface area contributed by atoms with Crippen molar-refractivity contribution >= 4 is 32.4 Å². The van der Waals surface area contributed by atoms with Crippen molar-refractivity contribution in [2.75, 3.05) is 5.75 Å². The first kappa shape index (κ1) is 14.3. The lowest BCUT2D eigenvalue weighted by Gasteiger charge is -2.06. The normalized spacial score (nSPS) is 14.3. The lowest BCUT2D eigenvalue weighted by atomic mass is 10.2. The van der Waals surface area contributed by atoms with Crippen LogP contribution in [0.5, 0.6) is 0 Å². The van der Waals surface area contributed by atoms with Crippen molar-refractivity contribution in [3.8, 4) is 0 Å². The summed E-state index contributed by atoms with van der Waals surface area (Å²) in [6, 6.07) is 4.55. The molecule has 0 bridgehead atoms. The van der Waals surface area contributed by atoms with Gasteiger partial charge in [0.25, 0.3) is 5.69 Å². The lowest BCUT2D eigenvalue weighted by Crippen LogP contribution is -2.23. The van der Waals surface area contributed by atoms with E-state index in [1.807, 2.05) is 0 Å². The molecule has 0 heterocycles. The highest BCUT2D eigenvalue weighted by molar-refractivity contribution is 9.10. The fraction of sp³-hybridized carbons (Fsp3) is 0.400. The summed E-state index contributed by atoms with van der Waals surface area (Å²) >= 11 is 3.17. The Hall–Kier alpha value is -0.790. The summed E-state index contributed by atoms with van der Waals surface area (Å²) < 4.78 is 12.3. The highest BCUT2D eigenvalue weighted by Crippen LogP contribution is 2.24. The highest BCUT2D eigenvalue weighted by Gasteiger charge is 2.16. The quantitative estimate of drug-likeness (QED) is 0.663. The van der Waals surface area contributed by atoms with Gasteiger partial charge in [0, 0.05) is 38.7 Å². The average Bonchev–Trinajstić information content (AvgIpc) is 2.19. The monoisotopic (exact) mass is 320 g/mol. The van der Waals surface area contributed by atoms with Gasteiger partial charge in [-0.2, -0.15) is 0 Å². The Kier molecular flexibility index (Phi) is 5.23. The van der Waals surface area contributed by atoms with Gasteiger partial charge in [0.05, 0.1) is 10.7 Å². The van der Waals surface area contributed by atoms with Gasteiger partial charge in [-0.3, -0.25) is 14.3 Å². The van der Waals surface area contributed by atoms with Gasteiger partial charge in [0.2, 0.25) is 0 Å². The summed E-state index contributed by atoms with van der Waals surface area (Å²) in [5, 5.41) is 10.8. The molecule has 0 saturated heterocycles. The van der Waals surface area contributed by atoms with Gasteiger partial charge in [-0.1, -0.05) is 22.0 Å². The van der Waals surface area contributed by atoms with Gasteiger partial charge in [-0.05, 0) is 13.0 Å². The van der Waals surface area contributed by atoms with Crippen molar-refractivity contribution in [1.82, 2.24) is 0 Å².